The van der Waals surface area contributed by atoms with Crippen LogP contribution >= 0.6 is 0 Å². The number of benzene rings is 1. The maximum absolute atomic E-state index is 12.8. The highest BCUT2D eigenvalue weighted by molar-refractivity contribution is 7.89. The summed E-state index contributed by atoms with van der Waals surface area (Å²) in [5.41, 5.74) is 0.440. The normalized spacial score (nSPS) is 26.3. The van der Waals surface area contributed by atoms with E-state index >= 15 is 0 Å². The smallest absolute Gasteiger partial charge is 0.243 e. The Morgan fingerprint density at radius 3 is 2.65 bits per heavy atom. The fourth-order valence-electron chi connectivity index (χ4n) is 4.27. The van der Waals surface area contributed by atoms with Crippen LogP contribution in [0.2, 0.25) is 0 Å². The number of rotatable bonds is 4. The number of sulfonamides is 1. The summed E-state index contributed by atoms with van der Waals surface area (Å²) in [5, 5.41) is 0. The molecule has 0 unspecified atom stereocenters. The minimum absolute atomic E-state index is 0.254. The van der Waals surface area contributed by atoms with Gasteiger partial charge in [0.25, 0.3) is 0 Å². The van der Waals surface area contributed by atoms with Gasteiger partial charge in [0, 0.05) is 38.5 Å². The zero-order valence-corrected chi connectivity index (χ0v) is 16.0. The van der Waals surface area contributed by atoms with E-state index in [0.717, 1.165) is 37.9 Å². The molecule has 1 aromatic carbocycles. The van der Waals surface area contributed by atoms with Crippen molar-refractivity contribution in [1.29, 1.82) is 0 Å². The Balaban J connectivity index is 1.34. The number of carbonyl (C=O) groups excluding carboxylic acids is 1. The fourth-order valence-corrected chi connectivity index (χ4v) is 6.08. The summed E-state index contributed by atoms with van der Waals surface area (Å²) >= 11 is 0. The summed E-state index contributed by atoms with van der Waals surface area (Å²) in [6, 6.07) is 7.10. The molecule has 3 saturated heterocycles. The average Bonchev–Trinajstić information content (AvgIpc) is 2.99. The minimum atomic E-state index is -3.45. The van der Waals surface area contributed by atoms with E-state index in [1.165, 1.54) is 4.31 Å². The molecule has 0 aromatic heterocycles. The highest BCUT2D eigenvalue weighted by Gasteiger charge is 2.51. The molecule has 0 radical (unpaired) electrons. The van der Waals surface area contributed by atoms with Crippen LogP contribution in [0.3, 0.4) is 0 Å². The molecule has 1 atom stereocenters. The molecule has 1 amide bonds. The van der Waals surface area contributed by atoms with E-state index in [1.54, 1.807) is 12.1 Å². The standard InChI is InChI=1S/C19H26N2O4S/c1-15-5-2-3-6-17(15)26(23,24)21-13-19(14-21)9-8-16(12-25-19)11-20-10-4-7-18(20)22/h2-3,5-6,16H,4,7-14H2,1H3/t16-/m1/s1. The molecule has 3 heterocycles. The predicted molar refractivity (Wildman–Crippen MR) is 97.2 cm³/mol. The highest BCUT2D eigenvalue weighted by Crippen LogP contribution is 2.39. The van der Waals surface area contributed by atoms with Gasteiger partial charge in [0.15, 0.2) is 0 Å². The summed E-state index contributed by atoms with van der Waals surface area (Å²) in [6.45, 7) is 4.94. The Morgan fingerprint density at radius 2 is 2.04 bits per heavy atom. The van der Waals surface area contributed by atoms with Gasteiger partial charge in [-0.3, -0.25) is 4.79 Å². The summed E-state index contributed by atoms with van der Waals surface area (Å²) in [5.74, 6) is 0.620. The van der Waals surface area contributed by atoms with Gasteiger partial charge in [-0.1, -0.05) is 18.2 Å². The first-order chi connectivity index (χ1) is 12.4. The molecular formula is C19H26N2O4S. The zero-order valence-electron chi connectivity index (χ0n) is 15.2. The van der Waals surface area contributed by atoms with Crippen molar-refractivity contribution in [3.8, 4) is 0 Å². The van der Waals surface area contributed by atoms with E-state index in [2.05, 4.69) is 0 Å². The maximum atomic E-state index is 12.8. The maximum Gasteiger partial charge on any atom is 0.243 e. The van der Waals surface area contributed by atoms with Gasteiger partial charge >= 0.3 is 0 Å². The van der Waals surface area contributed by atoms with E-state index in [9.17, 15) is 13.2 Å². The Kier molecular flexibility index (Phi) is 4.57. The Labute approximate surface area is 155 Å². The van der Waals surface area contributed by atoms with Gasteiger partial charge in [0.2, 0.25) is 15.9 Å². The van der Waals surface area contributed by atoms with Gasteiger partial charge in [-0.05, 0) is 37.8 Å². The van der Waals surface area contributed by atoms with Crippen LogP contribution in [0.1, 0.15) is 31.2 Å². The number of ether oxygens (including phenoxy) is 1. The molecule has 0 N–H and O–H groups in total. The molecule has 142 valence electrons. The fraction of sp³-hybridized carbons (Fsp3) is 0.632. The lowest BCUT2D eigenvalue weighted by molar-refractivity contribution is -0.160. The monoisotopic (exact) mass is 378 g/mol. The second kappa shape index (κ2) is 6.62. The van der Waals surface area contributed by atoms with Crippen LogP contribution in [0.4, 0.5) is 0 Å². The van der Waals surface area contributed by atoms with Gasteiger partial charge in [-0.15, -0.1) is 0 Å². The molecule has 3 aliphatic heterocycles. The van der Waals surface area contributed by atoms with Crippen molar-refractivity contribution < 1.29 is 17.9 Å². The molecule has 1 aromatic rings. The lowest BCUT2D eigenvalue weighted by Gasteiger charge is -2.52. The zero-order chi connectivity index (χ0) is 18.4. The van der Waals surface area contributed by atoms with Crippen LogP contribution in [0.25, 0.3) is 0 Å². The van der Waals surface area contributed by atoms with Crippen LogP contribution in [0.5, 0.6) is 0 Å². The topological polar surface area (TPSA) is 66.9 Å². The number of hydrogen-bond acceptors (Lipinski definition) is 4. The van der Waals surface area contributed by atoms with Crippen molar-refractivity contribution in [3.05, 3.63) is 29.8 Å². The third kappa shape index (κ3) is 3.17. The van der Waals surface area contributed by atoms with E-state index in [0.29, 0.717) is 36.9 Å². The van der Waals surface area contributed by atoms with E-state index < -0.39 is 10.0 Å². The van der Waals surface area contributed by atoms with Gasteiger partial charge in [-0.2, -0.15) is 4.31 Å². The molecule has 26 heavy (non-hydrogen) atoms. The largest absolute Gasteiger partial charge is 0.372 e. The number of carbonyl (C=O) groups is 1. The van der Waals surface area contributed by atoms with Gasteiger partial charge < -0.3 is 9.64 Å². The summed E-state index contributed by atoms with van der Waals surface area (Å²) < 4.78 is 33.3. The van der Waals surface area contributed by atoms with Crippen LogP contribution in [-0.4, -0.2) is 61.9 Å². The molecule has 3 aliphatic rings. The van der Waals surface area contributed by atoms with Gasteiger partial charge in [0.1, 0.15) is 0 Å². The lowest BCUT2D eigenvalue weighted by atomic mass is 9.84. The molecule has 1 spiro atoms. The van der Waals surface area contributed by atoms with Crippen molar-refractivity contribution in [2.75, 3.05) is 32.8 Å². The molecule has 3 fully saturated rings. The highest BCUT2D eigenvalue weighted by atomic mass is 32.2. The number of amides is 1. The Morgan fingerprint density at radius 1 is 1.27 bits per heavy atom. The number of likely N-dealkylation sites (tertiary alicyclic amines) is 1. The molecule has 4 rings (SSSR count). The van der Waals surface area contributed by atoms with Crippen molar-refractivity contribution >= 4 is 15.9 Å². The molecule has 0 saturated carbocycles. The minimum Gasteiger partial charge on any atom is -0.372 e. The van der Waals surface area contributed by atoms with Crippen molar-refractivity contribution in [2.24, 2.45) is 5.92 Å². The van der Waals surface area contributed by atoms with Crippen LogP contribution in [-0.2, 0) is 19.6 Å². The first-order valence-electron chi connectivity index (χ1n) is 9.37. The Bertz CT molecular complexity index is 792. The third-order valence-electron chi connectivity index (χ3n) is 5.92. The number of nitrogens with zero attached hydrogens (tertiary/aromatic N) is 2. The van der Waals surface area contributed by atoms with Crippen LogP contribution in [0, 0.1) is 12.8 Å². The summed E-state index contributed by atoms with van der Waals surface area (Å²) in [4.78, 5) is 14.1. The summed E-state index contributed by atoms with van der Waals surface area (Å²) in [7, 11) is -3.45. The number of aryl methyl sites for hydroxylation is 1. The first kappa shape index (κ1) is 17.9. The first-order valence-corrected chi connectivity index (χ1v) is 10.8. The van der Waals surface area contributed by atoms with E-state index in [-0.39, 0.29) is 11.5 Å². The van der Waals surface area contributed by atoms with E-state index in [4.69, 9.17) is 4.74 Å². The SMILES string of the molecule is Cc1ccccc1S(=O)(=O)N1CC2(CC[C@H](CN3CCCC3=O)CO2)C1. The predicted octanol–water partition coefficient (Wildman–Crippen LogP) is 1.79. The van der Waals surface area contributed by atoms with Crippen LogP contribution in [0.15, 0.2) is 29.2 Å². The van der Waals surface area contributed by atoms with Crippen molar-refractivity contribution in [2.45, 2.75) is 43.1 Å². The third-order valence-corrected chi connectivity index (χ3v) is 7.88. The molecular weight excluding hydrogens is 352 g/mol. The van der Waals surface area contributed by atoms with E-state index in [1.807, 2.05) is 24.0 Å². The van der Waals surface area contributed by atoms with Crippen molar-refractivity contribution in [3.63, 3.8) is 0 Å². The van der Waals surface area contributed by atoms with Crippen molar-refractivity contribution in [1.82, 2.24) is 9.21 Å². The second-order valence-electron chi connectivity index (χ2n) is 7.88. The quantitative estimate of drug-likeness (QED) is 0.801. The second-order valence-corrected chi connectivity index (χ2v) is 9.79. The molecule has 7 heteroatoms. The lowest BCUT2D eigenvalue weighted by Crippen LogP contribution is -2.66. The summed E-state index contributed by atoms with van der Waals surface area (Å²) in [6.07, 6.45) is 3.48. The number of hydrogen-bond donors (Lipinski definition) is 0. The van der Waals surface area contributed by atoms with Gasteiger partial charge in [0.05, 0.1) is 17.1 Å². The molecule has 0 aliphatic carbocycles. The molecule has 0 bridgehead atoms. The molecule has 6 nitrogen and oxygen atoms in total. The Hall–Kier alpha value is -1.44. The average molecular weight is 378 g/mol. The van der Waals surface area contributed by atoms with Crippen LogP contribution < -0.4 is 0 Å². The van der Waals surface area contributed by atoms with Gasteiger partial charge in [-0.25, -0.2) is 8.42 Å².